The number of nitrogens with one attached hydrogen (secondary N) is 1. The van der Waals surface area contributed by atoms with E-state index in [1.165, 1.54) is 24.8 Å². The number of aliphatic hydroxyl groups is 1. The summed E-state index contributed by atoms with van der Waals surface area (Å²) in [7, 11) is 0. The first-order chi connectivity index (χ1) is 13.6. The molecule has 5 heteroatoms. The Morgan fingerprint density at radius 3 is 2.54 bits per heavy atom. The lowest BCUT2D eigenvalue weighted by atomic mass is 9.76. The van der Waals surface area contributed by atoms with E-state index in [0.29, 0.717) is 37.0 Å². The number of hydrogen-bond donors (Lipinski definition) is 3. The van der Waals surface area contributed by atoms with Crippen LogP contribution in [0.1, 0.15) is 56.9 Å². The van der Waals surface area contributed by atoms with E-state index >= 15 is 0 Å². The topological polar surface area (TPSA) is 78.8 Å². The number of benzene rings is 1. The Labute approximate surface area is 168 Å². The number of aliphatic hydroxyl groups excluding tert-OH is 1. The summed E-state index contributed by atoms with van der Waals surface area (Å²) in [4.78, 5) is 10.6. The Morgan fingerprint density at radius 1 is 1.07 bits per heavy atom. The molecule has 5 atom stereocenters. The molecule has 0 saturated carbocycles. The lowest BCUT2D eigenvalue weighted by molar-refractivity contribution is -0.137. The van der Waals surface area contributed by atoms with Crippen LogP contribution in [0.4, 0.5) is 0 Å². The second-order valence-corrected chi connectivity index (χ2v) is 8.47. The van der Waals surface area contributed by atoms with E-state index < -0.39 is 5.97 Å². The number of unbranched alkanes of at least 4 members (excludes halogenated alkanes) is 3. The van der Waals surface area contributed by atoms with Crippen molar-refractivity contribution in [3.8, 4) is 0 Å². The van der Waals surface area contributed by atoms with Gasteiger partial charge in [0.05, 0.1) is 18.3 Å². The van der Waals surface area contributed by atoms with Crippen LogP contribution in [0.15, 0.2) is 30.3 Å². The quantitative estimate of drug-likeness (QED) is 0.451. The molecular weight excluding hydrogens is 354 g/mol. The number of carbonyl (C=O) groups is 1. The van der Waals surface area contributed by atoms with Crippen molar-refractivity contribution >= 4 is 5.97 Å². The zero-order chi connectivity index (χ0) is 19.8. The van der Waals surface area contributed by atoms with Crippen LogP contribution < -0.4 is 5.32 Å². The molecule has 2 saturated heterocycles. The molecule has 2 heterocycles. The van der Waals surface area contributed by atoms with Crippen LogP contribution in [-0.2, 0) is 16.0 Å². The molecule has 156 valence electrons. The summed E-state index contributed by atoms with van der Waals surface area (Å²) >= 11 is 0. The minimum atomic E-state index is -0.693. The molecule has 2 aliphatic heterocycles. The second-order valence-electron chi connectivity index (χ2n) is 8.47. The zero-order valence-corrected chi connectivity index (χ0v) is 16.8. The first kappa shape index (κ1) is 21.3. The molecule has 3 N–H and O–H groups in total. The smallest absolute Gasteiger partial charge is 0.303 e. The number of carboxylic acids is 1. The molecule has 0 aromatic heterocycles. The van der Waals surface area contributed by atoms with Crippen LogP contribution in [0.5, 0.6) is 0 Å². The fourth-order valence-electron chi connectivity index (χ4n) is 4.94. The average molecular weight is 390 g/mol. The normalized spacial score (nSPS) is 27.2. The van der Waals surface area contributed by atoms with Gasteiger partial charge < -0.3 is 20.3 Å². The van der Waals surface area contributed by atoms with Crippen LogP contribution in [0.2, 0.25) is 0 Å². The van der Waals surface area contributed by atoms with Crippen LogP contribution >= 0.6 is 0 Å². The number of aliphatic carboxylic acids is 1. The highest BCUT2D eigenvalue weighted by molar-refractivity contribution is 5.66. The van der Waals surface area contributed by atoms with E-state index in [4.69, 9.17) is 9.84 Å². The summed E-state index contributed by atoms with van der Waals surface area (Å²) < 4.78 is 6.18. The van der Waals surface area contributed by atoms with Gasteiger partial charge >= 0.3 is 5.97 Å². The zero-order valence-electron chi connectivity index (χ0n) is 16.8. The molecule has 0 radical (unpaired) electrons. The highest BCUT2D eigenvalue weighted by atomic mass is 16.5. The summed E-state index contributed by atoms with van der Waals surface area (Å²) in [5.74, 6) is 0.459. The summed E-state index contributed by atoms with van der Waals surface area (Å²) in [6, 6.07) is 10.1. The maximum Gasteiger partial charge on any atom is 0.303 e. The van der Waals surface area contributed by atoms with Gasteiger partial charge in [-0.15, -0.1) is 0 Å². The average Bonchev–Trinajstić information content (AvgIpc) is 3.27. The molecule has 0 amide bonds. The van der Waals surface area contributed by atoms with Crippen molar-refractivity contribution in [3.63, 3.8) is 0 Å². The predicted molar refractivity (Wildman–Crippen MR) is 109 cm³/mol. The molecule has 0 aliphatic carbocycles. The third-order valence-corrected chi connectivity index (χ3v) is 6.34. The fraction of sp³-hybridized carbons (Fsp3) is 0.696. The summed E-state index contributed by atoms with van der Waals surface area (Å²) in [5, 5.41) is 22.5. The first-order valence-electron chi connectivity index (χ1n) is 10.9. The molecule has 3 rings (SSSR count). The molecule has 28 heavy (non-hydrogen) atoms. The van der Waals surface area contributed by atoms with Gasteiger partial charge in [0.25, 0.3) is 0 Å². The van der Waals surface area contributed by atoms with Crippen molar-refractivity contribution in [2.45, 2.75) is 76.1 Å². The van der Waals surface area contributed by atoms with E-state index in [2.05, 4.69) is 17.4 Å². The molecule has 2 fully saturated rings. The van der Waals surface area contributed by atoms with E-state index in [9.17, 15) is 9.90 Å². The Bertz CT molecular complexity index is 594. The monoisotopic (exact) mass is 389 g/mol. The van der Waals surface area contributed by atoms with Crippen molar-refractivity contribution in [1.82, 2.24) is 5.32 Å². The number of ether oxygens (including phenoxy) is 1. The molecule has 0 spiro atoms. The predicted octanol–water partition coefficient (Wildman–Crippen LogP) is 3.40. The lowest BCUT2D eigenvalue weighted by Crippen LogP contribution is -2.38. The molecule has 2 aliphatic rings. The van der Waals surface area contributed by atoms with Gasteiger partial charge in [0.2, 0.25) is 0 Å². The number of fused-ring (bicyclic) bond motifs is 2. The number of rotatable bonds is 13. The van der Waals surface area contributed by atoms with E-state index in [1.54, 1.807) is 0 Å². The third kappa shape index (κ3) is 6.29. The van der Waals surface area contributed by atoms with Crippen LogP contribution in [-0.4, -0.2) is 47.6 Å². The SMILES string of the molecule is O=C(O)CCCCCC[C@H]1[C@H](CNCC(O)Cc2ccccc2)[C@H]2CC[C@@H]1O2. The van der Waals surface area contributed by atoms with Gasteiger partial charge in [-0.3, -0.25) is 4.79 Å². The van der Waals surface area contributed by atoms with Gasteiger partial charge in [0, 0.05) is 25.4 Å². The third-order valence-electron chi connectivity index (χ3n) is 6.34. The van der Waals surface area contributed by atoms with Gasteiger partial charge in [0.15, 0.2) is 0 Å². The molecule has 1 aromatic rings. The van der Waals surface area contributed by atoms with E-state index in [-0.39, 0.29) is 12.5 Å². The Kier molecular flexibility index (Phi) is 8.31. The van der Waals surface area contributed by atoms with Gasteiger partial charge in [-0.2, -0.15) is 0 Å². The van der Waals surface area contributed by atoms with Crippen LogP contribution in [0, 0.1) is 11.8 Å². The lowest BCUT2D eigenvalue weighted by Gasteiger charge is -2.28. The highest BCUT2D eigenvalue weighted by Crippen LogP contribution is 2.45. The molecule has 1 unspecified atom stereocenters. The van der Waals surface area contributed by atoms with Crippen LogP contribution in [0.25, 0.3) is 0 Å². The number of hydrogen-bond acceptors (Lipinski definition) is 4. The minimum Gasteiger partial charge on any atom is -0.481 e. The Balaban J connectivity index is 1.35. The fourth-order valence-corrected chi connectivity index (χ4v) is 4.94. The largest absolute Gasteiger partial charge is 0.481 e. The minimum absolute atomic E-state index is 0.287. The van der Waals surface area contributed by atoms with Crippen molar-refractivity contribution in [3.05, 3.63) is 35.9 Å². The number of carboxylic acid groups (broad SMARTS) is 1. The molecule has 2 bridgehead atoms. The van der Waals surface area contributed by atoms with Crippen LogP contribution in [0.3, 0.4) is 0 Å². The van der Waals surface area contributed by atoms with E-state index in [0.717, 1.165) is 32.2 Å². The van der Waals surface area contributed by atoms with Gasteiger partial charge in [-0.1, -0.05) is 49.6 Å². The van der Waals surface area contributed by atoms with Crippen molar-refractivity contribution in [1.29, 1.82) is 0 Å². The molecule has 5 nitrogen and oxygen atoms in total. The highest BCUT2D eigenvalue weighted by Gasteiger charge is 2.47. The Hall–Kier alpha value is -1.43. The van der Waals surface area contributed by atoms with Gasteiger partial charge in [-0.25, -0.2) is 0 Å². The van der Waals surface area contributed by atoms with Gasteiger partial charge in [-0.05, 0) is 43.6 Å². The van der Waals surface area contributed by atoms with Crippen molar-refractivity contribution < 1.29 is 19.7 Å². The molecule has 1 aromatic carbocycles. The maximum atomic E-state index is 10.6. The van der Waals surface area contributed by atoms with Gasteiger partial charge in [0.1, 0.15) is 0 Å². The standard InChI is InChI=1S/C23H35NO4/c25-18(14-17-8-4-3-5-9-17)15-24-16-20-19(21-12-13-22(20)28-21)10-6-1-2-7-11-23(26)27/h3-5,8-9,18-22,24-25H,1-2,6-7,10-16H2,(H,26,27)/t18?,19-,20-,21-,22+/m0/s1. The Morgan fingerprint density at radius 2 is 1.79 bits per heavy atom. The van der Waals surface area contributed by atoms with E-state index in [1.807, 2.05) is 18.2 Å². The summed E-state index contributed by atoms with van der Waals surface area (Å²) in [5.41, 5.74) is 1.17. The summed E-state index contributed by atoms with van der Waals surface area (Å²) in [6.07, 6.45) is 8.96. The second kappa shape index (κ2) is 10.9. The molecular formula is C23H35NO4. The maximum absolute atomic E-state index is 10.6. The van der Waals surface area contributed by atoms with Crippen molar-refractivity contribution in [2.24, 2.45) is 11.8 Å². The van der Waals surface area contributed by atoms with Crippen molar-refractivity contribution in [2.75, 3.05) is 13.1 Å². The first-order valence-corrected chi connectivity index (χ1v) is 10.9. The summed E-state index contributed by atoms with van der Waals surface area (Å²) in [6.45, 7) is 1.53.